The van der Waals surface area contributed by atoms with E-state index in [4.69, 9.17) is 42.5 Å². The molecule has 0 aromatic heterocycles. The van der Waals surface area contributed by atoms with E-state index in [1.54, 1.807) is 191 Å². The molecule has 12 rings (SSSR count). The molecule has 0 aliphatic rings. The molecule has 119 heavy (non-hydrogen) atoms. The van der Waals surface area contributed by atoms with Gasteiger partial charge in [-0.15, -0.1) is 0 Å². The molecule has 5 amide bonds. The number of methoxy groups -OCH3 is 1. The minimum Gasteiger partial charge on any atom is -0.508 e. The highest BCUT2D eigenvalue weighted by atomic mass is 79.9. The van der Waals surface area contributed by atoms with Crippen molar-refractivity contribution in [1.82, 2.24) is 0 Å². The molecular formula is C88H97Br3N6O20S2. The number of rotatable bonds is 10. The van der Waals surface area contributed by atoms with E-state index in [1.807, 2.05) is 120 Å². The molecule has 10 N–H and O–H groups in total. The standard InChI is InChI=1S/C16H18BrNO5S.C16H18BrNO3.C16H19NO5S.C15H16BrNO3.C15H17NO3.C10H9NO/c1-16(2,3)22-15(19)18-14-8-7-13(17)11-6-5-10(9-12(11)14)23-24(4,20)21;1-16(2,3)21-15(19)18-14-8-7-13(17)11-6-5-10(20-4)9-12(11)14;1-16(2,3)21-15(18)17-14-7-5-6-11-8-9-12(10-13(11)14)22-23(4,19)20;1-15(2,3)20-14(19)17-13-7-6-12(16)10-5-4-9(18)8-11(10)13;1-15(2,3)19-14(18)16-13-6-4-5-10-7-8-11(17)9-12(10)13;11-10-3-1-2-7-4-5-8(12)6-9(7)10/h5-9H,1-4H3,(H,18,19);5-9H,1-4H3,(H,18,19);5-10H,1-4H3,(H,17,18);4-8,18H,1-3H3,(H,17,19);4-9,17H,1-3H3,(H,16,18);1-6,12H,11H2. The van der Waals surface area contributed by atoms with Gasteiger partial charge in [-0.05, 0) is 282 Å². The second-order valence-electron chi connectivity index (χ2n) is 31.5. The van der Waals surface area contributed by atoms with Gasteiger partial charge in [-0.25, -0.2) is 24.0 Å². The van der Waals surface area contributed by atoms with Crippen LogP contribution in [-0.2, 0) is 43.9 Å². The van der Waals surface area contributed by atoms with Gasteiger partial charge in [-0.3, -0.25) is 26.6 Å². The van der Waals surface area contributed by atoms with E-state index < -0.39 is 78.7 Å². The van der Waals surface area contributed by atoms with E-state index >= 15 is 0 Å². The minimum absolute atomic E-state index is 0.142. The number of aromatic hydroxyl groups is 3. The van der Waals surface area contributed by atoms with Crippen molar-refractivity contribution in [3.8, 4) is 34.5 Å². The Morgan fingerprint density at radius 1 is 0.311 bits per heavy atom. The first kappa shape index (κ1) is 94.6. The predicted molar refractivity (Wildman–Crippen MR) is 483 cm³/mol. The lowest BCUT2D eigenvalue weighted by Crippen LogP contribution is -2.27. The van der Waals surface area contributed by atoms with Gasteiger partial charge >= 0.3 is 50.7 Å². The highest BCUT2D eigenvalue weighted by molar-refractivity contribution is 9.11. The first-order valence-corrected chi connectivity index (χ1v) is 42.6. The van der Waals surface area contributed by atoms with Crippen molar-refractivity contribution in [3.05, 3.63) is 214 Å². The first-order chi connectivity index (χ1) is 55.2. The van der Waals surface area contributed by atoms with Crippen molar-refractivity contribution >= 4 is 197 Å². The summed E-state index contributed by atoms with van der Waals surface area (Å²) in [6.07, 6.45) is -0.748. The molecular weight excluding hydrogens is 1760 g/mol. The predicted octanol–water partition coefficient (Wildman–Crippen LogP) is 23.4. The number of benzene rings is 12. The quantitative estimate of drug-likeness (QED) is 0.0349. The van der Waals surface area contributed by atoms with Gasteiger partial charge < -0.3 is 57.8 Å². The van der Waals surface area contributed by atoms with Gasteiger partial charge in [0.15, 0.2) is 0 Å². The van der Waals surface area contributed by atoms with Crippen LogP contribution in [0.15, 0.2) is 214 Å². The Morgan fingerprint density at radius 2 is 0.563 bits per heavy atom. The second kappa shape index (κ2) is 39.8. The van der Waals surface area contributed by atoms with Crippen LogP contribution >= 0.6 is 47.8 Å². The summed E-state index contributed by atoms with van der Waals surface area (Å²) in [6, 6.07) is 57.9. The Bertz CT molecular complexity index is 5960. The number of hydrogen-bond acceptors (Lipinski definition) is 21. The van der Waals surface area contributed by atoms with E-state index in [0.29, 0.717) is 44.9 Å². The van der Waals surface area contributed by atoms with Crippen LogP contribution in [0.25, 0.3) is 64.6 Å². The topological polar surface area (TPSA) is 374 Å². The van der Waals surface area contributed by atoms with E-state index in [1.165, 1.54) is 0 Å². The van der Waals surface area contributed by atoms with Gasteiger partial charge in [0.2, 0.25) is 0 Å². The number of phenols is 3. The summed E-state index contributed by atoms with van der Waals surface area (Å²) in [5.41, 5.74) is 6.42. The molecule has 12 aromatic carbocycles. The second-order valence-corrected chi connectivity index (χ2v) is 37.2. The third-order valence-electron chi connectivity index (χ3n) is 15.3. The third-order valence-corrected chi connectivity index (χ3v) is 18.4. The van der Waals surface area contributed by atoms with Crippen LogP contribution in [0.3, 0.4) is 0 Å². The summed E-state index contributed by atoms with van der Waals surface area (Å²) in [4.78, 5) is 59.5. The zero-order valence-electron chi connectivity index (χ0n) is 68.9. The van der Waals surface area contributed by atoms with Gasteiger partial charge in [0.25, 0.3) is 0 Å². The SMILES string of the molecule is CC(C)(C)OC(=O)Nc1ccc(Br)c2ccc(O)cc12.CC(C)(C)OC(=O)Nc1ccc(Br)c2ccc(OS(C)(=O)=O)cc12.CC(C)(C)OC(=O)Nc1cccc2ccc(O)cc12.CC(C)(C)OC(=O)Nc1cccc2ccc(OS(C)(=O)=O)cc12.COc1ccc2c(Br)ccc(NC(=O)OC(C)(C)C)c2c1.Nc1cccc2ccc(O)cc12. The summed E-state index contributed by atoms with van der Waals surface area (Å²) < 4.78 is 89.0. The maximum absolute atomic E-state index is 12.0. The number of carbonyl (C=O) groups excluding carboxylic acids is 5. The number of carbonyl (C=O) groups is 5. The van der Waals surface area contributed by atoms with Crippen LogP contribution in [0, 0.1) is 0 Å². The van der Waals surface area contributed by atoms with Gasteiger partial charge in [-0.2, -0.15) is 16.8 Å². The van der Waals surface area contributed by atoms with Gasteiger partial charge in [0, 0.05) is 51.4 Å². The fourth-order valence-electron chi connectivity index (χ4n) is 10.9. The Hall–Kier alpha value is -11.5. The summed E-state index contributed by atoms with van der Waals surface area (Å²) in [5, 5.41) is 51.9. The molecule has 0 atom stereocenters. The first-order valence-electron chi connectivity index (χ1n) is 36.6. The smallest absolute Gasteiger partial charge is 0.412 e. The molecule has 26 nitrogen and oxygen atoms in total. The zero-order valence-corrected chi connectivity index (χ0v) is 75.3. The molecule has 0 saturated carbocycles. The number of hydrogen-bond donors (Lipinski definition) is 9. The molecule has 0 heterocycles. The fraction of sp³-hybridized carbons (Fsp3) is 0.261. The molecule has 0 aliphatic heterocycles. The molecule has 0 unspecified atom stereocenters. The van der Waals surface area contributed by atoms with Crippen molar-refractivity contribution in [1.29, 1.82) is 0 Å². The zero-order chi connectivity index (χ0) is 88.5. The maximum Gasteiger partial charge on any atom is 0.412 e. The molecule has 0 bridgehead atoms. The third kappa shape index (κ3) is 31.4. The fourth-order valence-corrected chi connectivity index (χ4v) is 13.2. The van der Waals surface area contributed by atoms with E-state index in [9.17, 15) is 56.1 Å². The number of phenolic OH excluding ortho intramolecular Hbond substituents is 3. The van der Waals surface area contributed by atoms with Crippen LogP contribution < -0.4 is 45.4 Å². The van der Waals surface area contributed by atoms with Gasteiger partial charge in [0.05, 0.1) is 48.1 Å². The van der Waals surface area contributed by atoms with E-state index in [2.05, 4.69) is 74.4 Å². The van der Waals surface area contributed by atoms with Crippen molar-refractivity contribution in [2.75, 3.05) is 51.9 Å². The number of nitrogen functional groups attached to an aromatic ring is 1. The maximum atomic E-state index is 12.0. The van der Waals surface area contributed by atoms with Crippen LogP contribution in [-0.4, -0.2) is 110 Å². The number of anilines is 6. The summed E-state index contributed by atoms with van der Waals surface area (Å²) in [5.74, 6) is 1.62. The Balaban J connectivity index is 0.000000199. The van der Waals surface area contributed by atoms with Crippen LogP contribution in [0.2, 0.25) is 0 Å². The van der Waals surface area contributed by atoms with Gasteiger partial charge in [0.1, 0.15) is 62.5 Å². The molecule has 0 fully saturated rings. The number of halogens is 3. The van der Waals surface area contributed by atoms with Crippen molar-refractivity contribution in [3.63, 3.8) is 0 Å². The monoisotopic (exact) mass is 1860 g/mol. The van der Waals surface area contributed by atoms with E-state index in [0.717, 1.165) is 85.5 Å². The number of ether oxygens (including phenoxy) is 6. The molecule has 0 aliphatic carbocycles. The van der Waals surface area contributed by atoms with Crippen molar-refractivity contribution in [2.45, 2.75) is 132 Å². The molecule has 12 aromatic rings. The highest BCUT2D eigenvalue weighted by Gasteiger charge is 2.24. The normalized spacial score (nSPS) is 11.5. The lowest BCUT2D eigenvalue weighted by Gasteiger charge is -2.20. The number of fused-ring (bicyclic) bond motifs is 6. The summed E-state index contributed by atoms with van der Waals surface area (Å²) in [7, 11) is -5.65. The lowest BCUT2D eigenvalue weighted by atomic mass is 10.1. The molecule has 31 heteroatoms. The average molecular weight is 1860 g/mol. The largest absolute Gasteiger partial charge is 0.508 e. The molecule has 0 radical (unpaired) electrons. The highest BCUT2D eigenvalue weighted by Crippen LogP contribution is 2.38. The number of nitrogens with two attached hydrogens (primary N) is 1. The summed E-state index contributed by atoms with van der Waals surface area (Å²) in [6.45, 7) is 26.9. The van der Waals surface area contributed by atoms with Crippen molar-refractivity contribution in [2.24, 2.45) is 0 Å². The van der Waals surface area contributed by atoms with Crippen LogP contribution in [0.4, 0.5) is 58.1 Å². The average Bonchev–Trinajstić information content (AvgIpc) is 0.815. The molecule has 0 spiro atoms. The van der Waals surface area contributed by atoms with Gasteiger partial charge in [-0.1, -0.05) is 102 Å². The van der Waals surface area contributed by atoms with E-state index in [-0.39, 0.29) is 28.7 Å². The Labute approximate surface area is 717 Å². The minimum atomic E-state index is -3.64. The van der Waals surface area contributed by atoms with Crippen LogP contribution in [0.1, 0.15) is 104 Å². The Morgan fingerprint density at radius 3 is 0.908 bits per heavy atom. The number of nitrogens with one attached hydrogen (secondary N) is 5. The van der Waals surface area contributed by atoms with Crippen molar-refractivity contribution < 1.29 is 92.9 Å². The number of amides is 5. The molecule has 0 saturated heterocycles. The molecule has 632 valence electrons. The summed E-state index contributed by atoms with van der Waals surface area (Å²) >= 11 is 10.4. The van der Waals surface area contributed by atoms with Crippen LogP contribution in [0.5, 0.6) is 34.5 Å². The Kier molecular flexibility index (Phi) is 31.7. The lowest BCUT2D eigenvalue weighted by molar-refractivity contribution is 0.0625.